The quantitative estimate of drug-likeness (QED) is 0.219. The van der Waals surface area contributed by atoms with E-state index in [0.717, 1.165) is 53.3 Å². The zero-order valence-electron chi connectivity index (χ0n) is 25.2. The highest BCUT2D eigenvalue weighted by Crippen LogP contribution is 2.34. The summed E-state index contributed by atoms with van der Waals surface area (Å²) >= 11 is 6.12. The molecule has 1 aliphatic rings. The average Bonchev–Trinajstić information content (AvgIpc) is 3.35. The van der Waals surface area contributed by atoms with E-state index in [1.807, 2.05) is 51.2 Å². The van der Waals surface area contributed by atoms with Crippen LogP contribution in [0.25, 0.3) is 0 Å². The first kappa shape index (κ1) is 31.9. The minimum absolute atomic E-state index is 0.119. The zero-order valence-corrected chi connectivity index (χ0v) is 25.9. The molecule has 0 atom stereocenters. The molecule has 0 unspecified atom stereocenters. The molecule has 4 heteroatoms. The van der Waals surface area contributed by atoms with Crippen LogP contribution in [0.15, 0.2) is 114 Å². The Kier molecular flexibility index (Phi) is 12.1. The molecule has 0 spiro atoms. The molecular formula is C35H46ClN3. The number of hydrogen-bond donors (Lipinski definition) is 0. The molecule has 0 bridgehead atoms. The van der Waals surface area contributed by atoms with Crippen molar-refractivity contribution in [3.63, 3.8) is 0 Å². The molecule has 0 saturated heterocycles. The number of likely N-dealkylation sites (N-methyl/N-ethyl adjacent to an activating group) is 2. The number of halogens is 1. The number of nitrogens with zero attached hydrogens (tertiary/aromatic N) is 3. The molecule has 0 aliphatic carbocycles. The van der Waals surface area contributed by atoms with Crippen LogP contribution in [0.2, 0.25) is 5.02 Å². The summed E-state index contributed by atoms with van der Waals surface area (Å²) in [6.07, 6.45) is 10.9. The van der Waals surface area contributed by atoms with Crippen LogP contribution in [0.5, 0.6) is 0 Å². The van der Waals surface area contributed by atoms with E-state index in [2.05, 4.69) is 100 Å². The van der Waals surface area contributed by atoms with Crippen molar-refractivity contribution < 1.29 is 0 Å². The summed E-state index contributed by atoms with van der Waals surface area (Å²) in [5.41, 5.74) is 8.97. The van der Waals surface area contributed by atoms with Gasteiger partial charge >= 0.3 is 0 Å². The van der Waals surface area contributed by atoms with Crippen LogP contribution >= 0.6 is 11.6 Å². The first-order valence-electron chi connectivity index (χ1n) is 13.7. The van der Waals surface area contributed by atoms with E-state index in [9.17, 15) is 0 Å². The Morgan fingerprint density at radius 3 is 2.15 bits per heavy atom. The summed E-state index contributed by atoms with van der Waals surface area (Å²) in [6, 6.07) is 16.6. The van der Waals surface area contributed by atoms with E-state index in [0.29, 0.717) is 5.02 Å². The Labute approximate surface area is 242 Å². The van der Waals surface area contributed by atoms with Crippen LogP contribution in [0.1, 0.15) is 65.0 Å². The Morgan fingerprint density at radius 1 is 1.00 bits per heavy atom. The highest BCUT2D eigenvalue weighted by atomic mass is 35.5. The normalized spacial score (nSPS) is 13.7. The van der Waals surface area contributed by atoms with Gasteiger partial charge in [-0.3, -0.25) is 4.99 Å². The largest absolute Gasteiger partial charge is 0.378 e. The molecule has 3 rings (SSSR count). The van der Waals surface area contributed by atoms with E-state index in [4.69, 9.17) is 16.6 Å². The molecular weight excluding hydrogens is 498 g/mol. The second kappa shape index (κ2) is 14.7. The number of anilines is 1. The summed E-state index contributed by atoms with van der Waals surface area (Å²) in [6.45, 7) is 19.0. The second-order valence-corrected chi connectivity index (χ2v) is 11.1. The van der Waals surface area contributed by atoms with Crippen molar-refractivity contribution in [2.45, 2.75) is 59.3 Å². The fourth-order valence-electron chi connectivity index (χ4n) is 4.21. The van der Waals surface area contributed by atoms with Crippen LogP contribution < -0.4 is 4.90 Å². The third-order valence-corrected chi connectivity index (χ3v) is 6.85. The predicted molar refractivity (Wildman–Crippen MR) is 174 cm³/mol. The summed E-state index contributed by atoms with van der Waals surface area (Å²) in [4.78, 5) is 9.34. The fraction of sp³-hybridized carbons (Fsp3) is 0.343. The molecule has 2 aromatic carbocycles. The molecule has 0 aromatic heterocycles. The SMILES string of the molecule is C=CC/C=C(\C=C/CC1=C(C(=C)N(C)c2ccc(Cl)cc2)N=C(c2ccc(C(C)(C)C)cc2)C1)N(C)C.CC. The molecule has 208 valence electrons. The Balaban J connectivity index is 0.00000260. The van der Waals surface area contributed by atoms with Gasteiger partial charge in [0.15, 0.2) is 0 Å². The van der Waals surface area contributed by atoms with Crippen LogP contribution in [-0.2, 0) is 5.41 Å². The van der Waals surface area contributed by atoms with Gasteiger partial charge in [-0.05, 0) is 65.3 Å². The second-order valence-electron chi connectivity index (χ2n) is 10.7. The lowest BCUT2D eigenvalue weighted by Gasteiger charge is -2.22. The molecule has 0 amide bonds. The molecule has 2 aromatic rings. The van der Waals surface area contributed by atoms with E-state index >= 15 is 0 Å². The summed E-state index contributed by atoms with van der Waals surface area (Å²) < 4.78 is 0. The van der Waals surface area contributed by atoms with Gasteiger partial charge in [0.05, 0.1) is 17.1 Å². The van der Waals surface area contributed by atoms with E-state index in [-0.39, 0.29) is 5.41 Å². The minimum atomic E-state index is 0.119. The van der Waals surface area contributed by atoms with Crippen LogP contribution in [0.4, 0.5) is 5.69 Å². The Bertz CT molecular complexity index is 1230. The first-order valence-corrected chi connectivity index (χ1v) is 14.1. The van der Waals surface area contributed by atoms with Gasteiger partial charge in [-0.2, -0.15) is 0 Å². The standard InChI is InChI=1S/C33H40ClN3.C2H6/c1-9-10-13-29(36(6)7)14-11-12-26-23-31(25-15-17-27(18-16-25)33(3,4)5)35-32(26)24(2)37(8)30-21-19-28(34)20-22-30;1-2/h9,11,13-22H,1-2,10,12,23H2,3-8H3;1-2H3/b14-11-,29-13+;. The van der Waals surface area contributed by atoms with Crippen molar-refractivity contribution in [2.75, 3.05) is 26.0 Å². The topological polar surface area (TPSA) is 18.8 Å². The van der Waals surface area contributed by atoms with Gasteiger partial charge in [-0.1, -0.05) is 95.3 Å². The molecule has 3 nitrogen and oxygen atoms in total. The van der Waals surface area contributed by atoms with Crippen molar-refractivity contribution in [1.29, 1.82) is 0 Å². The van der Waals surface area contributed by atoms with Crippen molar-refractivity contribution in [3.05, 3.63) is 125 Å². The van der Waals surface area contributed by atoms with E-state index in [1.165, 1.54) is 11.1 Å². The molecule has 39 heavy (non-hydrogen) atoms. The van der Waals surface area contributed by atoms with Crippen molar-refractivity contribution >= 4 is 23.0 Å². The highest BCUT2D eigenvalue weighted by molar-refractivity contribution is 6.30. The summed E-state index contributed by atoms with van der Waals surface area (Å²) in [5, 5.41) is 0.717. The molecule has 0 saturated carbocycles. The van der Waals surface area contributed by atoms with Crippen LogP contribution in [0, 0.1) is 0 Å². The number of aliphatic imine (C=N–C) groups is 1. The maximum atomic E-state index is 6.12. The monoisotopic (exact) mass is 543 g/mol. The molecule has 1 heterocycles. The third kappa shape index (κ3) is 8.86. The van der Waals surface area contributed by atoms with Crippen molar-refractivity contribution in [3.8, 4) is 0 Å². The number of rotatable bonds is 10. The summed E-state index contributed by atoms with van der Waals surface area (Å²) in [7, 11) is 6.15. The van der Waals surface area contributed by atoms with Gasteiger partial charge in [0.1, 0.15) is 0 Å². The van der Waals surface area contributed by atoms with Gasteiger partial charge < -0.3 is 9.80 Å². The van der Waals surface area contributed by atoms with Gasteiger partial charge in [0.25, 0.3) is 0 Å². The third-order valence-electron chi connectivity index (χ3n) is 6.60. The van der Waals surface area contributed by atoms with Crippen LogP contribution in [0.3, 0.4) is 0 Å². The lowest BCUT2D eigenvalue weighted by Crippen LogP contribution is -2.16. The maximum Gasteiger partial charge on any atom is 0.0863 e. The lowest BCUT2D eigenvalue weighted by molar-refractivity contribution is 0.527. The molecule has 1 aliphatic heterocycles. The van der Waals surface area contributed by atoms with Gasteiger partial charge in [-0.25, -0.2) is 0 Å². The van der Waals surface area contributed by atoms with Crippen LogP contribution in [-0.4, -0.2) is 31.8 Å². The highest BCUT2D eigenvalue weighted by Gasteiger charge is 2.23. The van der Waals surface area contributed by atoms with Gasteiger partial charge in [0, 0.05) is 44.0 Å². The fourth-order valence-corrected chi connectivity index (χ4v) is 4.34. The predicted octanol–water partition coefficient (Wildman–Crippen LogP) is 9.73. The minimum Gasteiger partial charge on any atom is -0.378 e. The molecule has 0 fully saturated rings. The van der Waals surface area contributed by atoms with Crippen molar-refractivity contribution in [2.24, 2.45) is 4.99 Å². The number of benzene rings is 2. The number of allylic oxidation sites excluding steroid dienone is 5. The Hall–Kier alpha value is -3.30. The van der Waals surface area contributed by atoms with Gasteiger partial charge in [-0.15, -0.1) is 6.58 Å². The summed E-state index contributed by atoms with van der Waals surface area (Å²) in [5.74, 6) is 0. The maximum absolute atomic E-state index is 6.12. The average molecular weight is 544 g/mol. The Morgan fingerprint density at radius 2 is 1.62 bits per heavy atom. The number of hydrogen-bond acceptors (Lipinski definition) is 3. The molecule has 0 N–H and O–H groups in total. The lowest BCUT2D eigenvalue weighted by atomic mass is 9.86. The van der Waals surface area contributed by atoms with Gasteiger partial charge in [0.2, 0.25) is 0 Å². The zero-order chi connectivity index (χ0) is 29.2. The van der Waals surface area contributed by atoms with E-state index < -0.39 is 0 Å². The van der Waals surface area contributed by atoms with Crippen molar-refractivity contribution in [1.82, 2.24) is 4.90 Å². The first-order chi connectivity index (χ1) is 18.5. The smallest absolute Gasteiger partial charge is 0.0863 e. The molecule has 0 radical (unpaired) electrons. The van der Waals surface area contributed by atoms with E-state index in [1.54, 1.807) is 0 Å².